The molecule has 0 aromatic heterocycles. The Morgan fingerprint density at radius 3 is 2.50 bits per heavy atom. The van der Waals surface area contributed by atoms with Crippen LogP contribution >= 0.6 is 11.6 Å². The van der Waals surface area contributed by atoms with Crippen LogP contribution in [0.3, 0.4) is 0 Å². The highest BCUT2D eigenvalue weighted by atomic mass is 35.5. The molecule has 6 nitrogen and oxygen atoms in total. The summed E-state index contributed by atoms with van der Waals surface area (Å²) in [7, 11) is -1.55. The number of rotatable bonds is 4. The van der Waals surface area contributed by atoms with E-state index >= 15 is 0 Å². The lowest BCUT2D eigenvalue weighted by Crippen LogP contribution is -2.40. The van der Waals surface area contributed by atoms with Gasteiger partial charge in [0.25, 0.3) is 5.91 Å². The first-order valence-corrected chi connectivity index (χ1v) is 8.87. The predicted molar refractivity (Wildman–Crippen MR) is 81.6 cm³/mol. The normalized spacial score (nSPS) is 19.6. The van der Waals surface area contributed by atoms with Crippen molar-refractivity contribution in [2.45, 2.75) is 12.5 Å². The van der Waals surface area contributed by atoms with Gasteiger partial charge in [-0.3, -0.25) is 4.79 Å². The number of benzene rings is 1. The molecule has 22 heavy (non-hydrogen) atoms. The molecule has 0 saturated carbocycles. The Kier molecular flexibility index (Phi) is 5.08. The summed E-state index contributed by atoms with van der Waals surface area (Å²) in [4.78, 5) is 25.1. The number of hydrogen-bond donors (Lipinski definition) is 0. The molecule has 1 aliphatic rings. The highest BCUT2D eigenvalue weighted by molar-refractivity contribution is 7.91. The third kappa shape index (κ3) is 4.20. The molecule has 1 aliphatic heterocycles. The van der Waals surface area contributed by atoms with E-state index in [0.29, 0.717) is 17.0 Å². The number of nitrogens with zero attached hydrogens (tertiary/aromatic N) is 1. The number of halogens is 1. The Balaban J connectivity index is 1.87. The first kappa shape index (κ1) is 16.8. The number of ether oxygens (including phenoxy) is 1. The zero-order chi connectivity index (χ0) is 16.3. The van der Waals surface area contributed by atoms with Gasteiger partial charge in [-0.25, -0.2) is 13.2 Å². The quantitative estimate of drug-likeness (QED) is 0.764. The molecule has 1 saturated heterocycles. The van der Waals surface area contributed by atoms with Crippen molar-refractivity contribution < 1.29 is 22.7 Å². The van der Waals surface area contributed by atoms with Gasteiger partial charge in [-0.15, -0.1) is 0 Å². The van der Waals surface area contributed by atoms with E-state index in [1.54, 1.807) is 12.1 Å². The van der Waals surface area contributed by atoms with Crippen LogP contribution in [0.1, 0.15) is 16.8 Å². The molecule has 0 aliphatic carbocycles. The van der Waals surface area contributed by atoms with Crippen molar-refractivity contribution >= 4 is 33.3 Å². The van der Waals surface area contributed by atoms with Gasteiger partial charge in [-0.1, -0.05) is 11.6 Å². The molecule has 1 aromatic rings. The van der Waals surface area contributed by atoms with Crippen molar-refractivity contribution in [3.63, 3.8) is 0 Å². The zero-order valence-electron chi connectivity index (χ0n) is 12.0. The van der Waals surface area contributed by atoms with Crippen molar-refractivity contribution in [2.24, 2.45) is 0 Å². The number of hydrogen-bond acceptors (Lipinski definition) is 5. The van der Waals surface area contributed by atoms with Gasteiger partial charge in [0.05, 0.1) is 17.1 Å². The fraction of sp³-hybridized carbons (Fsp3) is 0.429. The van der Waals surface area contributed by atoms with Gasteiger partial charge in [-0.2, -0.15) is 0 Å². The number of amides is 1. The maximum Gasteiger partial charge on any atom is 0.338 e. The standard InChI is InChI=1S/C14H16ClNO5S/c1-16(12-6-7-22(19,20)9-12)13(17)8-21-14(18)10-2-4-11(15)5-3-10/h2-5,12H,6-9H2,1H3. The summed E-state index contributed by atoms with van der Waals surface area (Å²) in [6.07, 6.45) is 0.412. The average molecular weight is 346 g/mol. The zero-order valence-corrected chi connectivity index (χ0v) is 13.6. The molecule has 0 N–H and O–H groups in total. The second kappa shape index (κ2) is 6.66. The molecule has 1 atom stereocenters. The van der Waals surface area contributed by atoms with E-state index in [1.807, 2.05) is 0 Å². The molecule has 1 unspecified atom stereocenters. The second-order valence-corrected chi connectivity index (χ2v) is 7.81. The molecule has 120 valence electrons. The third-order valence-corrected chi connectivity index (χ3v) is 5.56. The molecular formula is C14H16ClNO5S. The van der Waals surface area contributed by atoms with Gasteiger partial charge < -0.3 is 9.64 Å². The summed E-state index contributed by atoms with van der Waals surface area (Å²) in [5.74, 6) is -1.01. The van der Waals surface area contributed by atoms with Gasteiger partial charge in [0.2, 0.25) is 0 Å². The summed E-state index contributed by atoms with van der Waals surface area (Å²) in [5.41, 5.74) is 0.295. The van der Waals surface area contributed by atoms with Crippen LogP contribution in [0, 0.1) is 0 Å². The smallest absolute Gasteiger partial charge is 0.338 e. The fourth-order valence-electron chi connectivity index (χ4n) is 2.18. The van der Waals surface area contributed by atoms with Crippen LogP contribution in [0.15, 0.2) is 24.3 Å². The van der Waals surface area contributed by atoms with E-state index in [-0.39, 0.29) is 17.5 Å². The van der Waals surface area contributed by atoms with E-state index < -0.39 is 28.3 Å². The molecule has 1 fully saturated rings. The Labute approximate surface area is 133 Å². The average Bonchev–Trinajstić information content (AvgIpc) is 2.84. The van der Waals surface area contributed by atoms with Crippen LogP contribution in [-0.2, 0) is 19.4 Å². The topological polar surface area (TPSA) is 80.8 Å². The molecule has 1 amide bonds. The second-order valence-electron chi connectivity index (χ2n) is 5.14. The first-order chi connectivity index (χ1) is 10.3. The van der Waals surface area contributed by atoms with Crippen molar-refractivity contribution in [3.05, 3.63) is 34.9 Å². The van der Waals surface area contributed by atoms with Gasteiger partial charge in [0.1, 0.15) is 0 Å². The summed E-state index contributed by atoms with van der Waals surface area (Å²) < 4.78 is 27.8. The van der Waals surface area contributed by atoms with Crippen LogP contribution in [-0.4, -0.2) is 56.4 Å². The molecule has 0 spiro atoms. The summed E-state index contributed by atoms with van der Waals surface area (Å²) >= 11 is 5.72. The van der Waals surface area contributed by atoms with E-state index in [0.717, 1.165) is 0 Å². The van der Waals surface area contributed by atoms with E-state index in [2.05, 4.69) is 0 Å². The number of carbonyl (C=O) groups is 2. The minimum atomic E-state index is -3.07. The van der Waals surface area contributed by atoms with Gasteiger partial charge >= 0.3 is 5.97 Å². The first-order valence-electron chi connectivity index (χ1n) is 6.67. The van der Waals surface area contributed by atoms with Crippen molar-refractivity contribution in [3.8, 4) is 0 Å². The third-order valence-electron chi connectivity index (χ3n) is 3.56. The van der Waals surface area contributed by atoms with Gasteiger partial charge in [0, 0.05) is 18.1 Å². The maximum atomic E-state index is 12.0. The molecule has 1 heterocycles. The maximum absolute atomic E-state index is 12.0. The predicted octanol–water partition coefficient (Wildman–Crippen LogP) is 1.14. The van der Waals surface area contributed by atoms with Crippen LogP contribution in [0.25, 0.3) is 0 Å². The SMILES string of the molecule is CN(C(=O)COC(=O)c1ccc(Cl)cc1)C1CCS(=O)(=O)C1. The van der Waals surface area contributed by atoms with Crippen LogP contribution in [0.5, 0.6) is 0 Å². The number of carbonyl (C=O) groups excluding carboxylic acids is 2. The highest BCUT2D eigenvalue weighted by Crippen LogP contribution is 2.17. The monoisotopic (exact) mass is 345 g/mol. The summed E-state index contributed by atoms with van der Waals surface area (Å²) in [5, 5.41) is 0.495. The van der Waals surface area contributed by atoms with Crippen molar-refractivity contribution in [1.82, 2.24) is 4.90 Å². The minimum absolute atomic E-state index is 0.0413. The number of likely N-dealkylation sites (N-methyl/N-ethyl adjacent to an activating group) is 1. The lowest BCUT2D eigenvalue weighted by Gasteiger charge is -2.23. The van der Waals surface area contributed by atoms with Crippen molar-refractivity contribution in [2.75, 3.05) is 25.2 Å². The van der Waals surface area contributed by atoms with Gasteiger partial charge in [-0.05, 0) is 30.7 Å². The lowest BCUT2D eigenvalue weighted by molar-refractivity contribution is -0.134. The molecular weight excluding hydrogens is 330 g/mol. The van der Waals surface area contributed by atoms with Crippen LogP contribution < -0.4 is 0 Å². The largest absolute Gasteiger partial charge is 0.452 e. The number of esters is 1. The van der Waals surface area contributed by atoms with Crippen molar-refractivity contribution in [1.29, 1.82) is 0 Å². The van der Waals surface area contributed by atoms with E-state index in [1.165, 1.54) is 24.1 Å². The Hall–Kier alpha value is -1.60. The molecule has 2 rings (SSSR count). The van der Waals surface area contributed by atoms with Crippen LogP contribution in [0.4, 0.5) is 0 Å². The number of sulfone groups is 1. The highest BCUT2D eigenvalue weighted by Gasteiger charge is 2.32. The van der Waals surface area contributed by atoms with Crippen LogP contribution in [0.2, 0.25) is 5.02 Å². The van der Waals surface area contributed by atoms with E-state index in [4.69, 9.17) is 16.3 Å². The van der Waals surface area contributed by atoms with E-state index in [9.17, 15) is 18.0 Å². The van der Waals surface area contributed by atoms with Gasteiger partial charge in [0.15, 0.2) is 16.4 Å². The fourth-order valence-corrected chi connectivity index (χ4v) is 4.08. The Bertz CT molecular complexity index is 671. The molecule has 0 radical (unpaired) electrons. The lowest BCUT2D eigenvalue weighted by atomic mass is 10.2. The molecule has 8 heteroatoms. The Morgan fingerprint density at radius 2 is 1.95 bits per heavy atom. The summed E-state index contributed by atoms with van der Waals surface area (Å²) in [6, 6.07) is 5.75. The molecule has 1 aromatic carbocycles. The Morgan fingerprint density at radius 1 is 1.32 bits per heavy atom. The molecule has 0 bridgehead atoms. The minimum Gasteiger partial charge on any atom is -0.452 e. The summed E-state index contributed by atoms with van der Waals surface area (Å²) in [6.45, 7) is -0.422.